The molecule has 2 nitrogen and oxygen atoms in total. The van der Waals surface area contributed by atoms with Gasteiger partial charge in [-0.1, -0.05) is 36.9 Å². The summed E-state index contributed by atoms with van der Waals surface area (Å²) in [6, 6.07) is 11.6. The fourth-order valence-electron chi connectivity index (χ4n) is 1.99. The first-order valence-electron chi connectivity index (χ1n) is 5.14. The van der Waals surface area contributed by atoms with Crippen molar-refractivity contribution >= 4 is 16.6 Å². The zero-order valence-corrected chi connectivity index (χ0v) is 8.69. The highest BCUT2D eigenvalue weighted by Gasteiger charge is 2.23. The quantitative estimate of drug-likeness (QED) is 0.625. The van der Waals surface area contributed by atoms with Crippen LogP contribution in [0.1, 0.15) is 10.4 Å². The Bertz CT molecular complexity index is 611. The summed E-state index contributed by atoms with van der Waals surface area (Å²) in [6.45, 7) is 3.99. The second-order valence-electron chi connectivity index (χ2n) is 3.88. The van der Waals surface area contributed by atoms with E-state index in [4.69, 9.17) is 4.74 Å². The van der Waals surface area contributed by atoms with E-state index in [9.17, 15) is 4.79 Å². The normalized spacial score (nSPS) is 14.8. The molecule has 0 spiro atoms. The highest BCUT2D eigenvalue weighted by molar-refractivity contribution is 6.14. The van der Waals surface area contributed by atoms with Gasteiger partial charge in [0.2, 0.25) is 0 Å². The molecule has 78 valence electrons. The van der Waals surface area contributed by atoms with Crippen molar-refractivity contribution in [2.45, 2.75) is 0 Å². The van der Waals surface area contributed by atoms with E-state index in [0.717, 1.165) is 10.8 Å². The van der Waals surface area contributed by atoms with Gasteiger partial charge >= 0.3 is 0 Å². The number of hydrogen-bond donors (Lipinski definition) is 0. The van der Waals surface area contributed by atoms with E-state index in [1.54, 1.807) is 0 Å². The van der Waals surface area contributed by atoms with Gasteiger partial charge in [0.25, 0.3) is 0 Å². The molecular weight excluding hydrogens is 200 g/mol. The molecule has 1 heterocycles. The first-order chi connectivity index (χ1) is 7.77. The van der Waals surface area contributed by atoms with Crippen LogP contribution >= 0.6 is 0 Å². The Balaban J connectivity index is 2.36. The first kappa shape index (κ1) is 9.16. The molecule has 2 heteroatoms. The lowest BCUT2D eigenvalue weighted by Crippen LogP contribution is -2.18. The molecule has 0 radical (unpaired) electrons. The summed E-state index contributed by atoms with van der Waals surface area (Å²) in [5.41, 5.74) is 1.14. The smallest absolute Gasteiger partial charge is 0.195 e. The van der Waals surface area contributed by atoms with Gasteiger partial charge in [0, 0.05) is 11.0 Å². The van der Waals surface area contributed by atoms with Crippen LogP contribution in [-0.2, 0) is 0 Å². The molecule has 0 amide bonds. The minimum absolute atomic E-state index is 0.00740. The summed E-state index contributed by atoms with van der Waals surface area (Å²) in [5, 5.41) is 2.07. The number of Topliss-reactive ketones (excluding diaryl/α,β-unsaturated/α-hetero) is 1. The number of benzene rings is 2. The van der Waals surface area contributed by atoms with Crippen molar-refractivity contribution in [2.75, 3.05) is 6.61 Å². The molecule has 0 N–H and O–H groups in total. The maximum absolute atomic E-state index is 11.9. The van der Waals surface area contributed by atoms with Crippen molar-refractivity contribution in [3.63, 3.8) is 0 Å². The highest BCUT2D eigenvalue weighted by atomic mass is 16.5. The van der Waals surface area contributed by atoms with Crippen LogP contribution in [0.4, 0.5) is 0 Å². The van der Waals surface area contributed by atoms with Gasteiger partial charge in [0.05, 0.1) is 5.56 Å². The van der Waals surface area contributed by atoms with Crippen molar-refractivity contribution in [1.29, 1.82) is 0 Å². The second kappa shape index (κ2) is 3.20. The monoisotopic (exact) mass is 210 g/mol. The molecule has 2 aromatic carbocycles. The van der Waals surface area contributed by atoms with E-state index in [2.05, 4.69) is 6.58 Å². The van der Waals surface area contributed by atoms with Crippen molar-refractivity contribution in [3.05, 3.63) is 54.1 Å². The third-order valence-corrected chi connectivity index (χ3v) is 2.84. The number of carbonyl (C=O) groups is 1. The third kappa shape index (κ3) is 1.16. The van der Waals surface area contributed by atoms with Crippen molar-refractivity contribution in [2.24, 2.45) is 0 Å². The Morgan fingerprint density at radius 2 is 1.94 bits per heavy atom. The number of hydrogen-bond acceptors (Lipinski definition) is 2. The molecule has 0 aromatic heterocycles. The Morgan fingerprint density at radius 1 is 1.12 bits per heavy atom. The first-order valence-corrected chi connectivity index (χ1v) is 5.14. The van der Waals surface area contributed by atoms with Gasteiger partial charge in [-0.3, -0.25) is 4.79 Å². The minimum Gasteiger partial charge on any atom is -0.487 e. The summed E-state index contributed by atoms with van der Waals surface area (Å²) in [7, 11) is 0. The molecule has 16 heavy (non-hydrogen) atoms. The van der Waals surface area contributed by atoms with Crippen molar-refractivity contribution in [3.8, 4) is 5.75 Å². The predicted octanol–water partition coefficient (Wildman–Crippen LogP) is 2.97. The summed E-state index contributed by atoms with van der Waals surface area (Å²) in [4.78, 5) is 11.9. The molecule has 0 saturated carbocycles. The highest BCUT2D eigenvalue weighted by Crippen LogP contribution is 2.34. The summed E-state index contributed by atoms with van der Waals surface area (Å²) in [5.74, 6) is 0.683. The van der Waals surface area contributed by atoms with Gasteiger partial charge in [-0.25, -0.2) is 0 Å². The van der Waals surface area contributed by atoms with Crippen LogP contribution in [0, 0.1) is 0 Å². The zero-order valence-electron chi connectivity index (χ0n) is 8.69. The van der Waals surface area contributed by atoms with E-state index in [1.165, 1.54) is 0 Å². The lowest BCUT2D eigenvalue weighted by atomic mass is 9.97. The number of ketones is 1. The average molecular weight is 210 g/mol. The molecule has 1 aliphatic rings. The molecule has 0 aliphatic carbocycles. The van der Waals surface area contributed by atoms with Crippen LogP contribution in [0.3, 0.4) is 0 Å². The van der Waals surface area contributed by atoms with Crippen LogP contribution in [0.15, 0.2) is 48.6 Å². The van der Waals surface area contributed by atoms with Gasteiger partial charge in [-0.2, -0.15) is 0 Å². The van der Waals surface area contributed by atoms with Crippen LogP contribution in [0.25, 0.3) is 10.8 Å². The zero-order chi connectivity index (χ0) is 11.1. The molecule has 0 fully saturated rings. The number of carbonyl (C=O) groups excluding carboxylic acids is 1. The van der Waals surface area contributed by atoms with Gasteiger partial charge in [0.15, 0.2) is 5.78 Å². The van der Waals surface area contributed by atoms with Crippen molar-refractivity contribution < 1.29 is 9.53 Å². The molecule has 0 saturated heterocycles. The van der Waals surface area contributed by atoms with E-state index in [1.807, 2.05) is 36.4 Å². The third-order valence-electron chi connectivity index (χ3n) is 2.84. The van der Waals surface area contributed by atoms with Crippen LogP contribution in [-0.4, -0.2) is 12.4 Å². The Hall–Kier alpha value is -2.09. The fraction of sp³-hybridized carbons (Fsp3) is 0.0714. The van der Waals surface area contributed by atoms with E-state index in [-0.39, 0.29) is 5.78 Å². The standard InChI is InChI=1S/C14H10O2/c1-9-8-16-14-11-5-3-2-4-10(11)6-7-12(14)13(9)15/h2-7H,1,8H2. The average Bonchev–Trinajstić information content (AvgIpc) is 2.33. The predicted molar refractivity (Wildman–Crippen MR) is 62.9 cm³/mol. The number of rotatable bonds is 0. The number of fused-ring (bicyclic) bond motifs is 3. The lowest BCUT2D eigenvalue weighted by Gasteiger charge is -2.19. The molecule has 0 unspecified atom stereocenters. The summed E-state index contributed by atoms with van der Waals surface area (Å²) < 4.78 is 5.60. The van der Waals surface area contributed by atoms with Crippen LogP contribution in [0.5, 0.6) is 5.75 Å². The molecule has 0 atom stereocenters. The molecule has 2 aromatic rings. The minimum atomic E-state index is -0.00740. The van der Waals surface area contributed by atoms with E-state index in [0.29, 0.717) is 23.5 Å². The van der Waals surface area contributed by atoms with Gasteiger partial charge in [-0.05, 0) is 11.5 Å². The lowest BCUT2D eigenvalue weighted by molar-refractivity contribution is 0.100. The number of ether oxygens (including phenoxy) is 1. The SMILES string of the molecule is C=C1COc2c(ccc3ccccc23)C1=O. The Morgan fingerprint density at radius 3 is 2.81 bits per heavy atom. The van der Waals surface area contributed by atoms with Gasteiger partial charge in [-0.15, -0.1) is 0 Å². The van der Waals surface area contributed by atoms with Crippen molar-refractivity contribution in [1.82, 2.24) is 0 Å². The van der Waals surface area contributed by atoms with Gasteiger partial charge < -0.3 is 4.74 Å². The Labute approximate surface area is 93.2 Å². The van der Waals surface area contributed by atoms with E-state index < -0.39 is 0 Å². The summed E-state index contributed by atoms with van der Waals surface area (Å²) in [6.07, 6.45) is 0. The largest absolute Gasteiger partial charge is 0.487 e. The molecule has 3 rings (SSSR count). The Kier molecular flexibility index (Phi) is 1.83. The molecular formula is C14H10O2. The fourth-order valence-corrected chi connectivity index (χ4v) is 1.99. The van der Waals surface area contributed by atoms with Crippen LogP contribution in [0.2, 0.25) is 0 Å². The topological polar surface area (TPSA) is 26.3 Å². The second-order valence-corrected chi connectivity index (χ2v) is 3.88. The van der Waals surface area contributed by atoms with Crippen LogP contribution < -0.4 is 4.74 Å². The van der Waals surface area contributed by atoms with Gasteiger partial charge in [0.1, 0.15) is 12.4 Å². The maximum Gasteiger partial charge on any atom is 0.195 e. The summed E-state index contributed by atoms with van der Waals surface area (Å²) >= 11 is 0. The molecule has 1 aliphatic heterocycles. The van der Waals surface area contributed by atoms with E-state index >= 15 is 0 Å². The maximum atomic E-state index is 11.9. The molecule has 0 bridgehead atoms.